The van der Waals surface area contributed by atoms with E-state index < -0.39 is 0 Å². The van der Waals surface area contributed by atoms with Crippen LogP contribution in [0.1, 0.15) is 39.0 Å². The highest BCUT2D eigenvalue weighted by atomic mass is 16.5. The van der Waals surface area contributed by atoms with E-state index in [4.69, 9.17) is 4.74 Å². The van der Waals surface area contributed by atoms with Crippen LogP contribution in [0.3, 0.4) is 0 Å². The SMILES string of the molecule is C=C(C)C(=O)OCC12CC3CC(C1)C(O)C(C3)C2. The molecule has 2 unspecified atom stereocenters. The Labute approximate surface area is 108 Å². The average Bonchev–Trinajstić information content (AvgIpc) is 2.32. The van der Waals surface area contributed by atoms with Crippen molar-refractivity contribution in [2.24, 2.45) is 23.2 Å². The first-order valence-electron chi connectivity index (χ1n) is 7.00. The van der Waals surface area contributed by atoms with Gasteiger partial charge in [-0.3, -0.25) is 0 Å². The first kappa shape index (κ1) is 12.2. The third-order valence-electron chi connectivity index (χ3n) is 5.21. The van der Waals surface area contributed by atoms with Crippen molar-refractivity contribution in [2.45, 2.75) is 45.1 Å². The molecule has 0 aromatic heterocycles. The Morgan fingerprint density at radius 1 is 1.33 bits per heavy atom. The van der Waals surface area contributed by atoms with Crippen LogP contribution in [0, 0.1) is 23.2 Å². The highest BCUT2D eigenvalue weighted by Gasteiger charge is 2.55. The summed E-state index contributed by atoms with van der Waals surface area (Å²) in [7, 11) is 0. The molecule has 0 aromatic rings. The summed E-state index contributed by atoms with van der Waals surface area (Å²) >= 11 is 0. The molecule has 4 aliphatic carbocycles. The van der Waals surface area contributed by atoms with Gasteiger partial charge in [0.2, 0.25) is 0 Å². The zero-order valence-corrected chi connectivity index (χ0v) is 11.0. The lowest BCUT2D eigenvalue weighted by atomic mass is 9.49. The molecule has 0 aromatic carbocycles. The van der Waals surface area contributed by atoms with E-state index in [1.165, 1.54) is 19.3 Å². The predicted molar refractivity (Wildman–Crippen MR) is 67.8 cm³/mol. The van der Waals surface area contributed by atoms with Crippen molar-refractivity contribution >= 4 is 5.97 Å². The van der Waals surface area contributed by atoms with E-state index in [1.807, 2.05) is 0 Å². The minimum absolute atomic E-state index is 0.105. The zero-order valence-electron chi connectivity index (χ0n) is 11.0. The number of hydrogen-bond acceptors (Lipinski definition) is 3. The normalized spacial score (nSPS) is 45.0. The van der Waals surface area contributed by atoms with Crippen molar-refractivity contribution < 1.29 is 14.6 Å². The summed E-state index contributed by atoms with van der Waals surface area (Å²) in [6.45, 7) is 5.83. The maximum Gasteiger partial charge on any atom is 0.333 e. The number of carbonyl (C=O) groups is 1. The number of hydrogen-bond donors (Lipinski definition) is 1. The molecular formula is C15H22O3. The topological polar surface area (TPSA) is 46.5 Å². The van der Waals surface area contributed by atoms with Gasteiger partial charge in [0.15, 0.2) is 0 Å². The number of esters is 1. The highest BCUT2D eigenvalue weighted by Crippen LogP contribution is 2.60. The molecular weight excluding hydrogens is 228 g/mol. The summed E-state index contributed by atoms with van der Waals surface area (Å²) in [5, 5.41) is 10.2. The summed E-state index contributed by atoms with van der Waals surface area (Å²) in [6.07, 6.45) is 5.49. The van der Waals surface area contributed by atoms with Gasteiger partial charge in [-0.15, -0.1) is 0 Å². The second-order valence-corrected chi connectivity index (χ2v) is 6.82. The van der Waals surface area contributed by atoms with E-state index in [2.05, 4.69) is 6.58 Å². The Bertz CT molecular complexity index is 371. The van der Waals surface area contributed by atoms with Crippen LogP contribution in [0.4, 0.5) is 0 Å². The Kier molecular flexibility index (Phi) is 2.77. The molecule has 3 heteroatoms. The average molecular weight is 250 g/mol. The van der Waals surface area contributed by atoms with Crippen LogP contribution in [-0.2, 0) is 9.53 Å². The van der Waals surface area contributed by atoms with Crippen LogP contribution in [-0.4, -0.2) is 23.8 Å². The molecule has 0 spiro atoms. The molecule has 4 aliphatic rings. The van der Waals surface area contributed by atoms with E-state index in [0.29, 0.717) is 24.0 Å². The van der Waals surface area contributed by atoms with Crippen LogP contribution in [0.2, 0.25) is 0 Å². The van der Waals surface area contributed by atoms with Crippen LogP contribution in [0.25, 0.3) is 0 Å². The molecule has 2 atom stereocenters. The third-order valence-corrected chi connectivity index (χ3v) is 5.21. The Morgan fingerprint density at radius 2 is 1.94 bits per heavy atom. The van der Waals surface area contributed by atoms with Crippen molar-refractivity contribution in [2.75, 3.05) is 6.61 Å². The van der Waals surface area contributed by atoms with Gasteiger partial charge in [-0.1, -0.05) is 6.58 Å². The second kappa shape index (κ2) is 4.09. The van der Waals surface area contributed by atoms with Gasteiger partial charge in [0.05, 0.1) is 12.7 Å². The molecule has 0 aliphatic heterocycles. The fourth-order valence-electron chi connectivity index (χ4n) is 4.68. The quantitative estimate of drug-likeness (QED) is 0.617. The first-order chi connectivity index (χ1) is 8.49. The summed E-state index contributed by atoms with van der Waals surface area (Å²) in [6, 6.07) is 0. The van der Waals surface area contributed by atoms with Gasteiger partial charge < -0.3 is 9.84 Å². The molecule has 4 bridgehead atoms. The van der Waals surface area contributed by atoms with Crippen molar-refractivity contribution in [1.82, 2.24) is 0 Å². The smallest absolute Gasteiger partial charge is 0.333 e. The number of ether oxygens (including phenoxy) is 1. The van der Waals surface area contributed by atoms with Crippen LogP contribution >= 0.6 is 0 Å². The highest BCUT2D eigenvalue weighted by molar-refractivity contribution is 5.86. The van der Waals surface area contributed by atoms with Gasteiger partial charge in [-0.25, -0.2) is 4.79 Å². The van der Waals surface area contributed by atoms with Crippen molar-refractivity contribution in [1.29, 1.82) is 0 Å². The molecule has 3 nitrogen and oxygen atoms in total. The minimum atomic E-state index is -0.272. The van der Waals surface area contributed by atoms with Crippen molar-refractivity contribution in [3.8, 4) is 0 Å². The Balaban J connectivity index is 1.69. The number of aliphatic hydroxyl groups excluding tert-OH is 1. The number of rotatable bonds is 3. The van der Waals surface area contributed by atoms with E-state index in [0.717, 1.165) is 18.8 Å². The fraction of sp³-hybridized carbons (Fsp3) is 0.800. The van der Waals surface area contributed by atoms with Gasteiger partial charge in [0.25, 0.3) is 0 Å². The third kappa shape index (κ3) is 1.89. The molecule has 4 rings (SSSR count). The van der Waals surface area contributed by atoms with Gasteiger partial charge in [-0.2, -0.15) is 0 Å². The molecule has 0 heterocycles. The van der Waals surface area contributed by atoms with E-state index in [1.54, 1.807) is 6.92 Å². The molecule has 0 saturated heterocycles. The lowest BCUT2D eigenvalue weighted by molar-refractivity contribution is -0.167. The fourth-order valence-corrected chi connectivity index (χ4v) is 4.68. The lowest BCUT2D eigenvalue weighted by Crippen LogP contribution is -2.55. The zero-order chi connectivity index (χ0) is 12.9. The second-order valence-electron chi connectivity index (χ2n) is 6.82. The maximum atomic E-state index is 11.5. The molecule has 100 valence electrons. The van der Waals surface area contributed by atoms with Crippen molar-refractivity contribution in [3.63, 3.8) is 0 Å². The monoisotopic (exact) mass is 250 g/mol. The molecule has 1 N–H and O–H groups in total. The molecule has 18 heavy (non-hydrogen) atoms. The first-order valence-corrected chi connectivity index (χ1v) is 7.00. The van der Waals surface area contributed by atoms with E-state index in [9.17, 15) is 9.90 Å². The van der Waals surface area contributed by atoms with Crippen LogP contribution < -0.4 is 0 Å². The number of carbonyl (C=O) groups excluding carboxylic acids is 1. The minimum Gasteiger partial charge on any atom is -0.462 e. The molecule has 4 saturated carbocycles. The van der Waals surface area contributed by atoms with Gasteiger partial charge in [-0.05, 0) is 56.8 Å². The maximum absolute atomic E-state index is 11.5. The molecule has 4 fully saturated rings. The molecule has 0 amide bonds. The Hall–Kier alpha value is -0.830. The lowest BCUT2D eigenvalue weighted by Gasteiger charge is -2.58. The van der Waals surface area contributed by atoms with E-state index >= 15 is 0 Å². The van der Waals surface area contributed by atoms with Gasteiger partial charge >= 0.3 is 5.97 Å². The van der Waals surface area contributed by atoms with Crippen LogP contribution in [0.5, 0.6) is 0 Å². The predicted octanol–water partition coefficient (Wildman–Crippen LogP) is 2.29. The summed E-state index contributed by atoms with van der Waals surface area (Å²) < 4.78 is 5.40. The largest absolute Gasteiger partial charge is 0.462 e. The summed E-state index contributed by atoms with van der Waals surface area (Å²) in [5.74, 6) is 1.36. The molecule has 0 radical (unpaired) electrons. The summed E-state index contributed by atoms with van der Waals surface area (Å²) in [5.41, 5.74) is 0.626. The van der Waals surface area contributed by atoms with Crippen molar-refractivity contribution in [3.05, 3.63) is 12.2 Å². The summed E-state index contributed by atoms with van der Waals surface area (Å²) in [4.78, 5) is 11.5. The van der Waals surface area contributed by atoms with Crippen LogP contribution in [0.15, 0.2) is 12.2 Å². The van der Waals surface area contributed by atoms with Gasteiger partial charge in [0, 0.05) is 11.0 Å². The standard InChI is InChI=1S/C15H22O3/c1-9(2)14(17)18-8-15-5-10-3-11(6-15)13(16)12(4-10)7-15/h10-13,16H,1,3-8H2,2H3. The van der Waals surface area contributed by atoms with Gasteiger partial charge in [0.1, 0.15) is 0 Å². The van der Waals surface area contributed by atoms with E-state index in [-0.39, 0.29) is 17.5 Å². The number of aliphatic hydroxyl groups is 1. The Morgan fingerprint density at radius 3 is 2.50 bits per heavy atom.